The Kier molecular flexibility index (Phi) is 13.3. The van der Waals surface area contributed by atoms with Gasteiger partial charge in [0.1, 0.15) is 17.1 Å². The van der Waals surface area contributed by atoms with E-state index < -0.39 is 0 Å². The van der Waals surface area contributed by atoms with Gasteiger partial charge in [-0.2, -0.15) is 0 Å². The molecule has 0 aliphatic carbocycles. The zero-order valence-corrected chi connectivity index (χ0v) is 37.1. The number of pyridine rings is 1. The van der Waals surface area contributed by atoms with Crippen molar-refractivity contribution in [3.63, 3.8) is 0 Å². The van der Waals surface area contributed by atoms with Crippen LogP contribution in [0.3, 0.4) is 0 Å². The van der Waals surface area contributed by atoms with Crippen LogP contribution in [0.5, 0.6) is 0 Å². The minimum Gasteiger partial charge on any atom is -0.512 e. The number of thiophene rings is 1. The first kappa shape index (κ1) is 42.4. The zero-order valence-electron chi connectivity index (χ0n) is 33.8. The van der Waals surface area contributed by atoms with Crippen LogP contribution >= 0.6 is 11.3 Å². The van der Waals surface area contributed by atoms with Gasteiger partial charge in [-0.1, -0.05) is 105 Å². The molecule has 0 spiro atoms. The van der Waals surface area contributed by atoms with E-state index in [1.165, 1.54) is 48.1 Å². The Morgan fingerprint density at radius 3 is 2.13 bits per heavy atom. The average molecular weight is 909 g/mol. The van der Waals surface area contributed by atoms with Crippen molar-refractivity contribution in [2.75, 3.05) is 0 Å². The van der Waals surface area contributed by atoms with Crippen LogP contribution < -0.4 is 0 Å². The number of hydrogen-bond donors (Lipinski definition) is 1. The van der Waals surface area contributed by atoms with Crippen molar-refractivity contribution in [1.29, 1.82) is 0 Å². The van der Waals surface area contributed by atoms with Crippen molar-refractivity contribution in [1.82, 2.24) is 4.98 Å². The number of hydrogen-bond acceptors (Lipinski definition) is 5. The molecule has 3 aromatic carbocycles. The van der Waals surface area contributed by atoms with Crippen molar-refractivity contribution in [2.24, 2.45) is 16.7 Å². The summed E-state index contributed by atoms with van der Waals surface area (Å²) in [5, 5.41) is 16.2. The number of aryl methyl sites for hydroxylation is 1. The summed E-state index contributed by atoms with van der Waals surface area (Å²) in [5.41, 5.74) is 5.06. The van der Waals surface area contributed by atoms with E-state index >= 15 is 0 Å². The molecule has 0 atom stereocenters. The molecule has 6 rings (SSSR count). The quantitative estimate of drug-likeness (QED) is 0.0845. The summed E-state index contributed by atoms with van der Waals surface area (Å²) in [5.74, 6) is 1.97. The summed E-state index contributed by atoms with van der Waals surface area (Å²) >= 11 is 1.82. The van der Waals surface area contributed by atoms with Crippen LogP contribution in [-0.2, 0) is 36.7 Å². The Morgan fingerprint density at radius 1 is 0.887 bits per heavy atom. The third-order valence-corrected chi connectivity index (χ3v) is 12.8. The number of allylic oxidation sites excluding steroid dienone is 2. The average Bonchev–Trinajstić information content (AvgIpc) is 3.64. The number of furan rings is 1. The van der Waals surface area contributed by atoms with Gasteiger partial charge in [-0.25, -0.2) is 0 Å². The van der Waals surface area contributed by atoms with Crippen LogP contribution in [-0.4, -0.2) is 15.9 Å². The van der Waals surface area contributed by atoms with Crippen molar-refractivity contribution in [3.05, 3.63) is 89.5 Å². The molecule has 0 amide bonds. The number of carbonyl (C=O) groups excluding carboxylic acids is 1. The molecule has 0 saturated carbocycles. The van der Waals surface area contributed by atoms with Crippen molar-refractivity contribution in [2.45, 2.75) is 121 Å². The molecular formula is C47H58IrNO3S-. The molecule has 0 aliphatic rings. The van der Waals surface area contributed by atoms with E-state index in [9.17, 15) is 9.90 Å². The Labute approximate surface area is 334 Å². The predicted octanol–water partition coefficient (Wildman–Crippen LogP) is 14.3. The molecule has 0 fully saturated rings. The summed E-state index contributed by atoms with van der Waals surface area (Å²) in [7, 11) is 0. The van der Waals surface area contributed by atoms with Crippen LogP contribution in [0.15, 0.2) is 71.0 Å². The monoisotopic (exact) mass is 909 g/mol. The second-order valence-electron chi connectivity index (χ2n) is 16.6. The molecule has 6 heteroatoms. The van der Waals surface area contributed by atoms with E-state index in [0.717, 1.165) is 60.1 Å². The molecule has 1 radical (unpaired) electrons. The van der Waals surface area contributed by atoms with Crippen LogP contribution in [0.2, 0.25) is 0 Å². The number of rotatable bonds is 10. The summed E-state index contributed by atoms with van der Waals surface area (Å²) in [6.45, 7) is 25.6. The van der Waals surface area contributed by atoms with Gasteiger partial charge in [-0.3, -0.25) is 9.78 Å². The standard InChI is InChI=1S/C32H30NOS.C15H28O2.Ir/c1-18(2)13-27-19(3)24-17-29-25(16-28(24)34-27)23-11-12-33-30(31(23)35-29)21-14-20-9-7-8-10-22(20)26(15-21)32(4,5)6;1-7-14(5,8-2)12(16)11-13(17)15(6,9-3)10-4;/h7-12,15-18H,13H2,1-6H3;11,16H,7-10H2,1-6H3;/q-1;;/b;12-11-;. The van der Waals surface area contributed by atoms with E-state index in [0.29, 0.717) is 5.92 Å². The van der Waals surface area contributed by atoms with Gasteiger partial charge in [0.15, 0.2) is 5.78 Å². The minimum atomic E-state index is -0.337. The number of aromatic nitrogens is 1. The van der Waals surface area contributed by atoms with Gasteiger partial charge in [0.05, 0.1) is 0 Å². The first-order valence-corrected chi connectivity index (χ1v) is 20.0. The molecule has 0 saturated heterocycles. The number of aliphatic hydroxyl groups is 1. The van der Waals surface area contributed by atoms with Crippen LogP contribution in [0.4, 0.5) is 0 Å². The SMILES string of the molecule is CCC(C)(CC)C(=O)/C=C(\O)C(C)(CC)CC.Cc1c(CC(C)C)oc2cc3c(cc12)sc1c(-c2[c-]c4ccccc4c(C(C)(C)C)c2)nccc13.[Ir]. The summed E-state index contributed by atoms with van der Waals surface area (Å²) < 4.78 is 8.82. The number of benzene rings is 3. The molecule has 1 N–H and O–H groups in total. The molecule has 4 nitrogen and oxygen atoms in total. The van der Waals surface area contributed by atoms with Crippen molar-refractivity contribution < 1.29 is 34.4 Å². The zero-order chi connectivity index (χ0) is 38.2. The predicted molar refractivity (Wildman–Crippen MR) is 224 cm³/mol. The molecule has 3 aromatic heterocycles. The van der Waals surface area contributed by atoms with Gasteiger partial charge in [-0.15, -0.1) is 40.5 Å². The molecule has 53 heavy (non-hydrogen) atoms. The largest absolute Gasteiger partial charge is 0.512 e. The fourth-order valence-corrected chi connectivity index (χ4v) is 8.11. The Bertz CT molecular complexity index is 2260. The minimum absolute atomic E-state index is 0. The van der Waals surface area contributed by atoms with Gasteiger partial charge >= 0.3 is 0 Å². The molecule has 285 valence electrons. The molecule has 0 unspecified atom stereocenters. The third-order valence-electron chi connectivity index (χ3n) is 11.6. The van der Waals surface area contributed by atoms with E-state index in [2.05, 4.69) is 96.1 Å². The van der Waals surface area contributed by atoms with E-state index in [-0.39, 0.29) is 47.9 Å². The van der Waals surface area contributed by atoms with Gasteiger partial charge in [-0.05, 0) is 73.1 Å². The topological polar surface area (TPSA) is 63.3 Å². The smallest absolute Gasteiger partial charge is 0.164 e. The number of nitrogens with zero attached hydrogens (tertiary/aromatic N) is 1. The van der Waals surface area contributed by atoms with E-state index in [4.69, 9.17) is 9.40 Å². The van der Waals surface area contributed by atoms with Crippen LogP contribution in [0.25, 0.3) is 53.2 Å². The van der Waals surface area contributed by atoms with Gasteiger partial charge in [0.25, 0.3) is 0 Å². The first-order chi connectivity index (χ1) is 24.5. The number of ketones is 1. The van der Waals surface area contributed by atoms with Crippen molar-refractivity contribution in [3.8, 4) is 11.3 Å². The maximum absolute atomic E-state index is 12.2. The maximum Gasteiger partial charge on any atom is 0.164 e. The molecule has 6 aromatic rings. The number of aliphatic hydroxyl groups excluding tert-OH is 1. The second-order valence-corrected chi connectivity index (χ2v) is 17.6. The molecule has 3 heterocycles. The molecular weight excluding hydrogens is 851 g/mol. The van der Waals surface area contributed by atoms with E-state index in [1.54, 1.807) is 0 Å². The van der Waals surface area contributed by atoms with Gasteiger partial charge in [0.2, 0.25) is 0 Å². The first-order valence-electron chi connectivity index (χ1n) is 19.1. The summed E-state index contributed by atoms with van der Waals surface area (Å²) in [4.78, 5) is 17.1. The second kappa shape index (κ2) is 16.6. The van der Waals surface area contributed by atoms with Crippen LogP contribution in [0, 0.1) is 29.7 Å². The van der Waals surface area contributed by atoms with Gasteiger partial charge < -0.3 is 9.52 Å². The Morgan fingerprint density at radius 2 is 1.53 bits per heavy atom. The fourth-order valence-electron chi connectivity index (χ4n) is 6.88. The fraction of sp³-hybridized carbons (Fsp3) is 0.447. The summed E-state index contributed by atoms with van der Waals surface area (Å²) in [6, 6.07) is 21.2. The van der Waals surface area contributed by atoms with Gasteiger partial charge in [0, 0.05) is 75.5 Å². The molecule has 0 aliphatic heterocycles. The number of carbonyl (C=O) groups is 1. The Balaban J connectivity index is 0.000000299. The van der Waals surface area contributed by atoms with E-state index in [1.807, 2.05) is 59.1 Å². The van der Waals surface area contributed by atoms with Crippen molar-refractivity contribution >= 4 is 59.0 Å². The molecule has 0 bridgehead atoms. The Hall–Kier alpha value is -3.31. The maximum atomic E-state index is 12.2. The van der Waals surface area contributed by atoms with Crippen LogP contribution in [0.1, 0.15) is 119 Å². The third kappa shape index (κ3) is 8.51. The normalized spacial score (nSPS) is 12.8. The number of fused-ring (bicyclic) bond motifs is 5. The summed E-state index contributed by atoms with van der Waals surface area (Å²) in [6.07, 6.45) is 7.66.